The van der Waals surface area contributed by atoms with Crippen LogP contribution in [0.25, 0.3) is 10.9 Å². The predicted molar refractivity (Wildman–Crippen MR) is 69.7 cm³/mol. The third-order valence-corrected chi connectivity index (χ3v) is 2.63. The van der Waals surface area contributed by atoms with Crippen molar-refractivity contribution in [1.82, 2.24) is 4.98 Å². The van der Waals surface area contributed by atoms with Crippen LogP contribution in [0.1, 0.15) is 5.56 Å². The van der Waals surface area contributed by atoms with Crippen molar-refractivity contribution in [2.24, 2.45) is 5.16 Å². The van der Waals surface area contributed by atoms with Gasteiger partial charge in [0.2, 0.25) is 0 Å². The number of fused-ring (bicyclic) bond motifs is 1. The number of aromatic amines is 1. The molecule has 1 N–H and O–H groups in total. The minimum Gasteiger partial charge on any atom is -0.392 e. The molecule has 0 saturated heterocycles. The Morgan fingerprint density at radius 1 is 1.50 bits per heavy atom. The van der Waals surface area contributed by atoms with Gasteiger partial charge in [-0.2, -0.15) is 0 Å². The van der Waals surface area contributed by atoms with E-state index in [0.717, 1.165) is 20.9 Å². The lowest BCUT2D eigenvalue weighted by molar-refractivity contribution is 0.176. The monoisotopic (exact) mass is 278 g/mol. The molecule has 1 aromatic heterocycles. The lowest BCUT2D eigenvalue weighted by atomic mass is 10.2. The molecular formula is C12H11BrN2O. The summed E-state index contributed by atoms with van der Waals surface area (Å²) in [5.74, 6) is 0. The van der Waals surface area contributed by atoms with Crippen LogP contribution in [-0.2, 0) is 4.84 Å². The summed E-state index contributed by atoms with van der Waals surface area (Å²) in [6.07, 6.45) is 5.25. The van der Waals surface area contributed by atoms with E-state index in [1.165, 1.54) is 0 Å². The molecule has 0 aliphatic rings. The van der Waals surface area contributed by atoms with Crippen LogP contribution in [-0.4, -0.2) is 17.8 Å². The highest BCUT2D eigenvalue weighted by Crippen LogP contribution is 2.21. The molecule has 16 heavy (non-hydrogen) atoms. The summed E-state index contributed by atoms with van der Waals surface area (Å²) in [5, 5.41) is 4.96. The van der Waals surface area contributed by atoms with Gasteiger partial charge < -0.3 is 9.82 Å². The minimum absolute atomic E-state index is 0.419. The maximum atomic E-state index is 4.96. The molecule has 0 saturated carbocycles. The second kappa shape index (κ2) is 4.99. The molecule has 0 fully saturated rings. The molecular weight excluding hydrogens is 268 g/mol. The number of H-pyrrole nitrogens is 1. The van der Waals surface area contributed by atoms with E-state index in [9.17, 15) is 0 Å². The predicted octanol–water partition coefficient (Wildman–Crippen LogP) is 3.47. The van der Waals surface area contributed by atoms with Crippen LogP contribution >= 0.6 is 15.9 Å². The highest BCUT2D eigenvalue weighted by molar-refractivity contribution is 9.10. The molecule has 1 aromatic carbocycles. The second-order valence-electron chi connectivity index (χ2n) is 3.25. The van der Waals surface area contributed by atoms with Gasteiger partial charge in [-0.05, 0) is 18.2 Å². The highest BCUT2D eigenvalue weighted by atomic mass is 79.9. The van der Waals surface area contributed by atoms with E-state index in [4.69, 9.17) is 4.84 Å². The molecule has 0 amide bonds. The summed E-state index contributed by atoms with van der Waals surface area (Å²) in [5.41, 5.74) is 2.08. The molecule has 0 aliphatic carbocycles. The van der Waals surface area contributed by atoms with Crippen molar-refractivity contribution < 1.29 is 4.84 Å². The van der Waals surface area contributed by atoms with E-state index in [1.54, 1.807) is 12.3 Å². The number of halogens is 1. The first-order valence-electron chi connectivity index (χ1n) is 4.84. The van der Waals surface area contributed by atoms with Gasteiger partial charge in [0.05, 0.1) is 6.21 Å². The van der Waals surface area contributed by atoms with Crippen LogP contribution in [0, 0.1) is 0 Å². The SMILES string of the molecule is C=CCON=Cc1c[nH]c2ccc(Br)cc12. The number of rotatable bonds is 4. The average Bonchev–Trinajstić information content (AvgIpc) is 2.67. The van der Waals surface area contributed by atoms with Crippen LogP contribution in [0.5, 0.6) is 0 Å². The third-order valence-electron chi connectivity index (χ3n) is 2.13. The summed E-state index contributed by atoms with van der Waals surface area (Å²) in [6, 6.07) is 6.05. The quantitative estimate of drug-likeness (QED) is 0.395. The molecule has 0 unspecified atom stereocenters. The fourth-order valence-electron chi connectivity index (χ4n) is 1.41. The lowest BCUT2D eigenvalue weighted by Gasteiger charge is -1.94. The standard InChI is InChI=1S/C12H11BrN2O/c1-2-5-16-15-8-9-7-14-12-4-3-10(13)6-11(9)12/h2-4,6-8,14H,1,5H2. The lowest BCUT2D eigenvalue weighted by Crippen LogP contribution is -1.83. The maximum Gasteiger partial charge on any atom is 0.135 e. The average molecular weight is 279 g/mol. The number of hydrogen-bond acceptors (Lipinski definition) is 2. The molecule has 82 valence electrons. The Bertz CT molecular complexity index is 531. The number of benzene rings is 1. The Morgan fingerprint density at radius 2 is 2.38 bits per heavy atom. The van der Waals surface area contributed by atoms with Gasteiger partial charge in [0.15, 0.2) is 0 Å². The molecule has 0 radical (unpaired) electrons. The normalized spacial score (nSPS) is 11.1. The van der Waals surface area contributed by atoms with Crippen LogP contribution in [0.4, 0.5) is 0 Å². The van der Waals surface area contributed by atoms with Crippen molar-refractivity contribution in [1.29, 1.82) is 0 Å². The summed E-state index contributed by atoms with van der Waals surface area (Å²) >= 11 is 3.44. The zero-order valence-corrected chi connectivity index (χ0v) is 10.2. The molecule has 2 aromatic rings. The number of nitrogens with zero attached hydrogens (tertiary/aromatic N) is 1. The number of nitrogens with one attached hydrogen (secondary N) is 1. The topological polar surface area (TPSA) is 37.4 Å². The second-order valence-corrected chi connectivity index (χ2v) is 4.17. The Hall–Kier alpha value is -1.55. The summed E-state index contributed by atoms with van der Waals surface area (Å²) < 4.78 is 1.04. The zero-order chi connectivity index (χ0) is 11.4. The fourth-order valence-corrected chi connectivity index (χ4v) is 1.77. The van der Waals surface area contributed by atoms with E-state index in [-0.39, 0.29) is 0 Å². The number of oxime groups is 1. The van der Waals surface area contributed by atoms with Crippen LogP contribution in [0.3, 0.4) is 0 Å². The van der Waals surface area contributed by atoms with Crippen LogP contribution in [0.15, 0.2) is 46.7 Å². The van der Waals surface area contributed by atoms with E-state index in [0.29, 0.717) is 6.61 Å². The Kier molecular flexibility index (Phi) is 3.41. The maximum absolute atomic E-state index is 4.96. The number of hydrogen-bond donors (Lipinski definition) is 1. The highest BCUT2D eigenvalue weighted by Gasteiger charge is 2.01. The van der Waals surface area contributed by atoms with E-state index < -0.39 is 0 Å². The van der Waals surface area contributed by atoms with E-state index in [1.807, 2.05) is 24.4 Å². The van der Waals surface area contributed by atoms with Gasteiger partial charge >= 0.3 is 0 Å². The van der Waals surface area contributed by atoms with Crippen molar-refractivity contribution in [2.45, 2.75) is 0 Å². The molecule has 0 atom stereocenters. The zero-order valence-electron chi connectivity index (χ0n) is 8.61. The molecule has 0 aliphatic heterocycles. The third kappa shape index (κ3) is 2.33. The first-order valence-corrected chi connectivity index (χ1v) is 5.63. The van der Waals surface area contributed by atoms with Gasteiger partial charge in [-0.15, -0.1) is 0 Å². The minimum atomic E-state index is 0.419. The van der Waals surface area contributed by atoms with E-state index >= 15 is 0 Å². The van der Waals surface area contributed by atoms with E-state index in [2.05, 4.69) is 32.6 Å². The Morgan fingerprint density at radius 3 is 3.19 bits per heavy atom. The molecule has 3 nitrogen and oxygen atoms in total. The smallest absolute Gasteiger partial charge is 0.135 e. The molecule has 0 bridgehead atoms. The molecule has 4 heteroatoms. The molecule has 0 spiro atoms. The van der Waals surface area contributed by atoms with Crippen molar-refractivity contribution >= 4 is 33.0 Å². The summed E-state index contributed by atoms with van der Waals surface area (Å²) in [6.45, 7) is 3.96. The van der Waals surface area contributed by atoms with Crippen LogP contribution in [0.2, 0.25) is 0 Å². The first kappa shape index (κ1) is 11.0. The summed E-state index contributed by atoms with van der Waals surface area (Å²) in [7, 11) is 0. The Balaban J connectivity index is 2.27. The van der Waals surface area contributed by atoms with Gasteiger partial charge in [0.25, 0.3) is 0 Å². The van der Waals surface area contributed by atoms with Crippen molar-refractivity contribution in [3.8, 4) is 0 Å². The molecule has 2 rings (SSSR count). The summed E-state index contributed by atoms with van der Waals surface area (Å²) in [4.78, 5) is 8.13. The van der Waals surface area contributed by atoms with Crippen molar-refractivity contribution in [3.05, 3.63) is 47.1 Å². The largest absolute Gasteiger partial charge is 0.392 e. The first-order chi connectivity index (χ1) is 7.81. The number of aromatic nitrogens is 1. The van der Waals surface area contributed by atoms with Gasteiger partial charge in [-0.3, -0.25) is 0 Å². The van der Waals surface area contributed by atoms with Crippen LogP contribution < -0.4 is 0 Å². The van der Waals surface area contributed by atoms with Crippen molar-refractivity contribution in [3.63, 3.8) is 0 Å². The molecule has 1 heterocycles. The van der Waals surface area contributed by atoms with Gasteiger partial charge in [-0.25, -0.2) is 0 Å². The van der Waals surface area contributed by atoms with Crippen molar-refractivity contribution in [2.75, 3.05) is 6.61 Å². The van der Waals surface area contributed by atoms with Gasteiger partial charge in [0, 0.05) is 27.1 Å². The van der Waals surface area contributed by atoms with Gasteiger partial charge in [-0.1, -0.05) is 33.7 Å². The van der Waals surface area contributed by atoms with Gasteiger partial charge in [0.1, 0.15) is 6.61 Å². The Labute approximate surface area is 102 Å². The fraction of sp³-hybridized carbons (Fsp3) is 0.0833.